The van der Waals surface area contributed by atoms with Gasteiger partial charge in [-0.05, 0) is 43.7 Å². The molecule has 148 valence electrons. The normalized spacial score (nSPS) is 13.7. The summed E-state index contributed by atoms with van der Waals surface area (Å²) in [6.45, 7) is 9.24. The molecule has 1 rings (SSSR count). The highest BCUT2D eigenvalue weighted by Gasteiger charge is 2.09. The van der Waals surface area contributed by atoms with Gasteiger partial charge < -0.3 is 10.6 Å². The van der Waals surface area contributed by atoms with Gasteiger partial charge in [0.2, 0.25) is 10.0 Å². The van der Waals surface area contributed by atoms with Gasteiger partial charge >= 0.3 is 0 Å². The number of hydrogen-bond acceptors (Lipinski definition) is 3. The molecule has 0 heterocycles. The number of hydrogen-bond donors (Lipinski definition) is 3. The third-order valence-electron chi connectivity index (χ3n) is 4.05. The predicted molar refractivity (Wildman–Crippen MR) is 110 cm³/mol. The molecule has 0 bridgehead atoms. The molecule has 1 atom stereocenters. The van der Waals surface area contributed by atoms with Crippen molar-refractivity contribution in [3.05, 3.63) is 35.4 Å². The number of sulfonamides is 1. The van der Waals surface area contributed by atoms with E-state index in [1.807, 2.05) is 0 Å². The highest BCUT2D eigenvalue weighted by molar-refractivity contribution is 7.89. The molecular weight excluding hydrogens is 348 g/mol. The Morgan fingerprint density at radius 3 is 2.31 bits per heavy atom. The molecule has 0 spiro atoms. The summed E-state index contributed by atoms with van der Waals surface area (Å²) in [5.74, 6) is 1.47. The highest BCUT2D eigenvalue weighted by atomic mass is 32.2. The lowest BCUT2D eigenvalue weighted by Gasteiger charge is -2.19. The minimum Gasteiger partial charge on any atom is -0.356 e. The lowest BCUT2D eigenvalue weighted by atomic mass is 10.00. The molecule has 0 amide bonds. The van der Waals surface area contributed by atoms with Crippen LogP contribution in [0, 0.1) is 5.92 Å². The maximum absolute atomic E-state index is 11.4. The summed E-state index contributed by atoms with van der Waals surface area (Å²) in [5.41, 5.74) is 2.56. The molecule has 0 fully saturated rings. The summed E-state index contributed by atoms with van der Waals surface area (Å²) < 4.78 is 25.3. The van der Waals surface area contributed by atoms with E-state index >= 15 is 0 Å². The second kappa shape index (κ2) is 11.2. The van der Waals surface area contributed by atoms with E-state index in [0.29, 0.717) is 31.4 Å². The molecule has 26 heavy (non-hydrogen) atoms. The fraction of sp³-hybridized carbons (Fsp3) is 0.632. The van der Waals surface area contributed by atoms with Crippen LogP contribution in [-0.2, 0) is 16.4 Å². The lowest BCUT2D eigenvalue weighted by Crippen LogP contribution is -2.40. The molecule has 0 saturated carbocycles. The van der Waals surface area contributed by atoms with E-state index in [9.17, 15) is 8.42 Å². The van der Waals surface area contributed by atoms with Crippen LogP contribution in [0.1, 0.15) is 51.3 Å². The zero-order chi connectivity index (χ0) is 19.6. The number of guanidine groups is 1. The van der Waals surface area contributed by atoms with Crippen LogP contribution < -0.4 is 15.4 Å². The Morgan fingerprint density at radius 1 is 1.12 bits per heavy atom. The van der Waals surface area contributed by atoms with Crippen molar-refractivity contribution in [1.29, 1.82) is 0 Å². The number of aliphatic imine (C=N–C) groups is 1. The van der Waals surface area contributed by atoms with Crippen LogP contribution >= 0.6 is 0 Å². The van der Waals surface area contributed by atoms with Crippen LogP contribution in [0.15, 0.2) is 29.3 Å². The van der Waals surface area contributed by atoms with Crippen LogP contribution in [0.25, 0.3) is 0 Å². The van der Waals surface area contributed by atoms with Gasteiger partial charge in [0.15, 0.2) is 5.96 Å². The topological polar surface area (TPSA) is 82.6 Å². The Hall–Kier alpha value is -1.60. The smallest absolute Gasteiger partial charge is 0.211 e. The van der Waals surface area contributed by atoms with Gasteiger partial charge in [-0.15, -0.1) is 0 Å². The first-order chi connectivity index (χ1) is 12.3. The first kappa shape index (κ1) is 22.4. The van der Waals surface area contributed by atoms with Crippen molar-refractivity contribution in [2.24, 2.45) is 10.9 Å². The van der Waals surface area contributed by atoms with Gasteiger partial charge in [-0.2, -0.15) is 0 Å². The molecule has 1 unspecified atom stereocenters. The van der Waals surface area contributed by atoms with Crippen LogP contribution in [-0.4, -0.2) is 40.3 Å². The Bertz CT molecular complexity index is 655. The summed E-state index contributed by atoms with van der Waals surface area (Å²) in [6, 6.07) is 8.81. The van der Waals surface area contributed by atoms with Crippen molar-refractivity contribution < 1.29 is 8.42 Å². The average Bonchev–Trinajstić information content (AvgIpc) is 2.60. The van der Waals surface area contributed by atoms with E-state index in [4.69, 9.17) is 0 Å². The number of benzene rings is 1. The lowest BCUT2D eigenvalue weighted by molar-refractivity contribution is 0.579. The molecule has 3 N–H and O–H groups in total. The Labute approximate surface area is 158 Å². The van der Waals surface area contributed by atoms with E-state index in [1.54, 1.807) is 14.0 Å². The van der Waals surface area contributed by atoms with E-state index < -0.39 is 10.0 Å². The van der Waals surface area contributed by atoms with Crippen molar-refractivity contribution in [3.63, 3.8) is 0 Å². The third-order valence-corrected chi connectivity index (χ3v) is 5.45. The van der Waals surface area contributed by atoms with Gasteiger partial charge in [0.25, 0.3) is 0 Å². The Kier molecular flexibility index (Phi) is 9.65. The van der Waals surface area contributed by atoms with Crippen LogP contribution in [0.3, 0.4) is 0 Å². The first-order valence-corrected chi connectivity index (χ1v) is 11.0. The Balaban J connectivity index is 2.42. The standard InChI is InChI=1S/C19H34N4O2S/c1-6-26(24,25)22-13-7-12-21-19(20-5)23-16(4)18-10-8-17(9-11-18)14-15(2)3/h8-11,15-16,22H,6-7,12-14H2,1-5H3,(H2,20,21,23). The van der Waals surface area contributed by atoms with Crippen molar-refractivity contribution in [2.75, 3.05) is 25.9 Å². The minimum absolute atomic E-state index is 0.108. The van der Waals surface area contributed by atoms with E-state index in [-0.39, 0.29) is 11.8 Å². The zero-order valence-corrected chi connectivity index (χ0v) is 17.5. The molecule has 0 radical (unpaired) electrons. The van der Waals surface area contributed by atoms with Crippen molar-refractivity contribution in [1.82, 2.24) is 15.4 Å². The predicted octanol–water partition coefficient (Wildman–Crippen LogP) is 2.44. The molecule has 0 aliphatic heterocycles. The van der Waals surface area contributed by atoms with E-state index in [1.165, 1.54) is 11.1 Å². The van der Waals surface area contributed by atoms with Crippen molar-refractivity contribution >= 4 is 16.0 Å². The van der Waals surface area contributed by atoms with Gasteiger partial charge in [-0.25, -0.2) is 13.1 Å². The molecule has 1 aromatic rings. The summed E-state index contributed by atoms with van der Waals surface area (Å²) in [7, 11) is -1.39. The summed E-state index contributed by atoms with van der Waals surface area (Å²) in [4.78, 5) is 4.23. The first-order valence-electron chi connectivity index (χ1n) is 9.30. The quantitative estimate of drug-likeness (QED) is 0.330. The molecule has 0 saturated heterocycles. The summed E-state index contributed by atoms with van der Waals surface area (Å²) in [5, 5.41) is 6.58. The van der Waals surface area contributed by atoms with Gasteiger partial charge in [0.05, 0.1) is 11.8 Å². The second-order valence-corrected chi connectivity index (χ2v) is 8.95. The van der Waals surface area contributed by atoms with Gasteiger partial charge in [0.1, 0.15) is 0 Å². The monoisotopic (exact) mass is 382 g/mol. The largest absolute Gasteiger partial charge is 0.356 e. The maximum Gasteiger partial charge on any atom is 0.211 e. The molecule has 0 aromatic heterocycles. The average molecular weight is 383 g/mol. The highest BCUT2D eigenvalue weighted by Crippen LogP contribution is 2.15. The zero-order valence-electron chi connectivity index (χ0n) is 16.7. The van der Waals surface area contributed by atoms with E-state index in [0.717, 1.165) is 6.42 Å². The maximum atomic E-state index is 11.4. The van der Waals surface area contributed by atoms with Crippen molar-refractivity contribution in [3.8, 4) is 0 Å². The van der Waals surface area contributed by atoms with Gasteiger partial charge in [0, 0.05) is 20.1 Å². The number of nitrogens with zero attached hydrogens (tertiary/aromatic N) is 1. The SMILES string of the molecule is CCS(=O)(=O)NCCCNC(=NC)NC(C)c1ccc(CC(C)C)cc1. The third kappa shape index (κ3) is 8.67. The molecule has 6 nitrogen and oxygen atoms in total. The van der Waals surface area contributed by atoms with Crippen LogP contribution in [0.5, 0.6) is 0 Å². The molecule has 7 heteroatoms. The minimum atomic E-state index is -3.12. The molecule has 1 aromatic carbocycles. The second-order valence-electron chi connectivity index (χ2n) is 6.86. The summed E-state index contributed by atoms with van der Waals surface area (Å²) >= 11 is 0. The number of rotatable bonds is 10. The van der Waals surface area contributed by atoms with Gasteiger partial charge in [-0.3, -0.25) is 4.99 Å². The molecular formula is C19H34N4O2S. The summed E-state index contributed by atoms with van der Waals surface area (Å²) in [6.07, 6.45) is 1.78. The number of nitrogens with one attached hydrogen (secondary N) is 3. The van der Waals surface area contributed by atoms with Crippen LogP contribution in [0.2, 0.25) is 0 Å². The molecule has 0 aliphatic rings. The van der Waals surface area contributed by atoms with Crippen molar-refractivity contribution in [2.45, 2.75) is 46.6 Å². The Morgan fingerprint density at radius 2 is 1.77 bits per heavy atom. The van der Waals surface area contributed by atoms with E-state index in [2.05, 4.69) is 65.4 Å². The fourth-order valence-corrected chi connectivity index (χ4v) is 3.18. The fourth-order valence-electron chi connectivity index (χ4n) is 2.52. The van der Waals surface area contributed by atoms with Gasteiger partial charge in [-0.1, -0.05) is 38.1 Å². The van der Waals surface area contributed by atoms with Crippen LogP contribution in [0.4, 0.5) is 0 Å². The molecule has 0 aliphatic carbocycles.